The zero-order valence-corrected chi connectivity index (χ0v) is 16.9. The van der Waals surface area contributed by atoms with Gasteiger partial charge in [0.15, 0.2) is 0 Å². The lowest BCUT2D eigenvalue weighted by Gasteiger charge is -2.19. The van der Waals surface area contributed by atoms with Crippen molar-refractivity contribution in [3.8, 4) is 0 Å². The molecule has 1 heterocycles. The van der Waals surface area contributed by atoms with Crippen molar-refractivity contribution in [2.75, 3.05) is 25.0 Å². The number of imide groups is 1. The number of likely N-dealkylation sites (tertiary alicyclic amines) is 1. The number of hydrogen-bond donors (Lipinski definition) is 1. The minimum atomic E-state index is -0.300. The summed E-state index contributed by atoms with van der Waals surface area (Å²) in [4.78, 5) is 52.7. The highest BCUT2D eigenvalue weighted by atomic mass is 16.2. The molecule has 1 fully saturated rings. The Hall–Kier alpha value is -2.96. The van der Waals surface area contributed by atoms with Crippen LogP contribution in [0.5, 0.6) is 0 Å². The lowest BCUT2D eigenvalue weighted by molar-refractivity contribution is -0.140. The van der Waals surface area contributed by atoms with Crippen LogP contribution in [0, 0.1) is 11.8 Å². The first kappa shape index (κ1) is 20.8. The van der Waals surface area contributed by atoms with E-state index in [4.69, 9.17) is 0 Å². The molecule has 2 atom stereocenters. The van der Waals surface area contributed by atoms with Crippen LogP contribution in [0.1, 0.15) is 43.5 Å². The molecule has 4 amide bonds. The first-order valence-electron chi connectivity index (χ1n) is 10.2. The number of rotatable bonds is 7. The van der Waals surface area contributed by atoms with Gasteiger partial charge in [0, 0.05) is 37.3 Å². The number of hydrogen-bond acceptors (Lipinski definition) is 4. The molecule has 1 aromatic carbocycles. The molecule has 1 N–H and O–H groups in total. The van der Waals surface area contributed by atoms with Gasteiger partial charge in [0.1, 0.15) is 0 Å². The number of carbonyl (C=O) groups excluding carboxylic acids is 4. The number of carbonyl (C=O) groups is 4. The van der Waals surface area contributed by atoms with E-state index in [2.05, 4.69) is 5.32 Å². The Labute approximate surface area is 170 Å². The van der Waals surface area contributed by atoms with Crippen molar-refractivity contribution in [3.63, 3.8) is 0 Å². The standard InChI is InChI=1S/C22H27N3O4/c1-3-24(4-2)20(27)15-8-7-9-16(14-15)23-19(26)12-13-25-21(28)17-10-5-6-11-18(17)22(25)29/h5-9,14,17-18H,3-4,10-13H2,1-2H3,(H,23,26)/t17-,18+. The maximum atomic E-state index is 12.5. The largest absolute Gasteiger partial charge is 0.339 e. The van der Waals surface area contributed by atoms with Crippen molar-refractivity contribution >= 4 is 29.3 Å². The molecule has 29 heavy (non-hydrogen) atoms. The zero-order chi connectivity index (χ0) is 21.0. The number of fused-ring (bicyclic) bond motifs is 1. The normalized spacial score (nSPS) is 20.6. The Morgan fingerprint density at radius 1 is 1.07 bits per heavy atom. The van der Waals surface area contributed by atoms with E-state index in [1.165, 1.54) is 4.90 Å². The van der Waals surface area contributed by atoms with Gasteiger partial charge < -0.3 is 10.2 Å². The molecule has 7 nitrogen and oxygen atoms in total. The van der Waals surface area contributed by atoms with E-state index in [0.717, 1.165) is 0 Å². The molecule has 154 valence electrons. The number of benzene rings is 1. The van der Waals surface area contributed by atoms with E-state index in [0.29, 0.717) is 37.2 Å². The quantitative estimate of drug-likeness (QED) is 0.566. The van der Waals surface area contributed by atoms with Crippen LogP contribution in [0.3, 0.4) is 0 Å². The fraction of sp³-hybridized carbons (Fsp3) is 0.455. The summed E-state index contributed by atoms with van der Waals surface area (Å²) in [6.07, 6.45) is 5.08. The Kier molecular flexibility index (Phi) is 6.46. The zero-order valence-electron chi connectivity index (χ0n) is 16.9. The summed E-state index contributed by atoms with van der Waals surface area (Å²) in [7, 11) is 0. The predicted molar refractivity (Wildman–Crippen MR) is 109 cm³/mol. The minimum absolute atomic E-state index is 0.0264. The predicted octanol–water partition coefficient (Wildman–Crippen LogP) is 2.45. The molecule has 0 bridgehead atoms. The van der Waals surface area contributed by atoms with Gasteiger partial charge in [0.2, 0.25) is 17.7 Å². The maximum absolute atomic E-state index is 12.5. The molecule has 3 rings (SSSR count). The average Bonchev–Trinajstić information content (AvgIpc) is 2.98. The lowest BCUT2D eigenvalue weighted by Crippen LogP contribution is -2.34. The van der Waals surface area contributed by atoms with Crippen molar-refractivity contribution in [3.05, 3.63) is 42.0 Å². The molecule has 0 unspecified atom stereocenters. The topological polar surface area (TPSA) is 86.8 Å². The first-order chi connectivity index (χ1) is 14.0. The van der Waals surface area contributed by atoms with E-state index in [1.807, 2.05) is 26.0 Å². The van der Waals surface area contributed by atoms with E-state index in [-0.39, 0.29) is 48.4 Å². The van der Waals surface area contributed by atoms with Crippen molar-refractivity contribution in [1.82, 2.24) is 9.80 Å². The van der Waals surface area contributed by atoms with Gasteiger partial charge in [-0.05, 0) is 44.9 Å². The van der Waals surface area contributed by atoms with Crippen molar-refractivity contribution in [2.45, 2.75) is 33.1 Å². The van der Waals surface area contributed by atoms with E-state index < -0.39 is 0 Å². The van der Waals surface area contributed by atoms with Gasteiger partial charge in [-0.2, -0.15) is 0 Å². The molecule has 0 saturated carbocycles. The molecule has 0 spiro atoms. The minimum Gasteiger partial charge on any atom is -0.339 e. The third kappa shape index (κ3) is 4.39. The lowest BCUT2D eigenvalue weighted by atomic mass is 9.85. The summed E-state index contributed by atoms with van der Waals surface area (Å²) in [5.41, 5.74) is 1.03. The van der Waals surface area contributed by atoms with Crippen LogP contribution in [0.15, 0.2) is 36.4 Å². The second kappa shape index (κ2) is 9.03. The molecule has 1 aliphatic carbocycles. The van der Waals surface area contributed by atoms with Crippen LogP contribution < -0.4 is 5.32 Å². The molecule has 0 radical (unpaired) electrons. The summed E-state index contributed by atoms with van der Waals surface area (Å²) in [6, 6.07) is 6.79. The van der Waals surface area contributed by atoms with Crippen LogP contribution in [0.25, 0.3) is 0 Å². The van der Waals surface area contributed by atoms with Crippen molar-refractivity contribution < 1.29 is 19.2 Å². The monoisotopic (exact) mass is 397 g/mol. The number of allylic oxidation sites excluding steroid dienone is 2. The van der Waals surface area contributed by atoms with E-state index >= 15 is 0 Å². The molecule has 1 saturated heterocycles. The summed E-state index contributed by atoms with van der Waals surface area (Å²) < 4.78 is 0. The summed E-state index contributed by atoms with van der Waals surface area (Å²) >= 11 is 0. The van der Waals surface area contributed by atoms with Gasteiger partial charge in [0.25, 0.3) is 5.91 Å². The number of amides is 4. The molecule has 0 aromatic heterocycles. The Bertz CT molecular complexity index is 818. The maximum Gasteiger partial charge on any atom is 0.253 e. The Morgan fingerprint density at radius 3 is 2.28 bits per heavy atom. The number of nitrogens with one attached hydrogen (secondary N) is 1. The second-order valence-corrected chi connectivity index (χ2v) is 7.34. The summed E-state index contributed by atoms with van der Waals surface area (Å²) in [5.74, 6) is -1.30. The third-order valence-electron chi connectivity index (χ3n) is 5.61. The van der Waals surface area contributed by atoms with Gasteiger partial charge >= 0.3 is 0 Å². The molecule has 1 aromatic rings. The van der Waals surface area contributed by atoms with Crippen LogP contribution in [0.2, 0.25) is 0 Å². The summed E-state index contributed by atoms with van der Waals surface area (Å²) in [6.45, 7) is 5.14. The van der Waals surface area contributed by atoms with Gasteiger partial charge in [-0.3, -0.25) is 24.1 Å². The molecule has 2 aliphatic rings. The molecule has 7 heteroatoms. The van der Waals surface area contributed by atoms with E-state index in [9.17, 15) is 19.2 Å². The fourth-order valence-electron chi connectivity index (χ4n) is 3.95. The van der Waals surface area contributed by atoms with Gasteiger partial charge in [-0.25, -0.2) is 0 Å². The van der Waals surface area contributed by atoms with Crippen LogP contribution >= 0.6 is 0 Å². The smallest absolute Gasteiger partial charge is 0.253 e. The highest BCUT2D eigenvalue weighted by molar-refractivity contribution is 6.06. The van der Waals surface area contributed by atoms with Gasteiger partial charge in [-0.15, -0.1) is 0 Å². The van der Waals surface area contributed by atoms with Crippen LogP contribution in [0.4, 0.5) is 5.69 Å². The van der Waals surface area contributed by atoms with Gasteiger partial charge in [-0.1, -0.05) is 18.2 Å². The Balaban J connectivity index is 1.58. The van der Waals surface area contributed by atoms with Crippen LogP contribution in [-0.4, -0.2) is 53.1 Å². The fourth-order valence-corrected chi connectivity index (χ4v) is 3.95. The first-order valence-corrected chi connectivity index (χ1v) is 10.2. The SMILES string of the molecule is CCN(CC)C(=O)c1cccc(NC(=O)CCN2C(=O)[C@H]3CC=CC[C@H]3C2=O)c1. The second-order valence-electron chi connectivity index (χ2n) is 7.34. The van der Waals surface area contributed by atoms with Gasteiger partial charge in [0.05, 0.1) is 11.8 Å². The highest BCUT2D eigenvalue weighted by Crippen LogP contribution is 2.35. The highest BCUT2D eigenvalue weighted by Gasteiger charge is 2.46. The van der Waals surface area contributed by atoms with Crippen molar-refractivity contribution in [1.29, 1.82) is 0 Å². The average molecular weight is 397 g/mol. The number of anilines is 1. The number of nitrogens with zero attached hydrogens (tertiary/aromatic N) is 2. The van der Waals surface area contributed by atoms with Crippen LogP contribution in [-0.2, 0) is 14.4 Å². The third-order valence-corrected chi connectivity index (χ3v) is 5.61. The molecular weight excluding hydrogens is 370 g/mol. The van der Waals surface area contributed by atoms with E-state index in [1.54, 1.807) is 29.2 Å². The molecule has 1 aliphatic heterocycles. The van der Waals surface area contributed by atoms with Crippen molar-refractivity contribution in [2.24, 2.45) is 11.8 Å². The molecular formula is C22H27N3O4. The summed E-state index contributed by atoms with van der Waals surface area (Å²) in [5, 5.41) is 2.76. The Morgan fingerprint density at radius 2 is 1.69 bits per heavy atom.